The summed E-state index contributed by atoms with van der Waals surface area (Å²) in [7, 11) is 1.58. The molecule has 0 radical (unpaired) electrons. The highest BCUT2D eigenvalue weighted by molar-refractivity contribution is 5.43. The summed E-state index contributed by atoms with van der Waals surface area (Å²) >= 11 is 0. The van der Waals surface area contributed by atoms with Crippen molar-refractivity contribution >= 4 is 0 Å². The molecule has 0 unspecified atom stereocenters. The third-order valence-corrected chi connectivity index (χ3v) is 10.3. The van der Waals surface area contributed by atoms with Gasteiger partial charge in [-0.1, -0.05) is 26.0 Å². The highest BCUT2D eigenvalue weighted by Crippen LogP contribution is 2.78. The second-order valence-corrected chi connectivity index (χ2v) is 10.9. The first-order chi connectivity index (χ1) is 13.6. The maximum absolute atomic E-state index is 12.3. The lowest BCUT2D eigenvalue weighted by Gasteiger charge is -2.68. The van der Waals surface area contributed by atoms with Crippen LogP contribution in [0.1, 0.15) is 26.7 Å². The summed E-state index contributed by atoms with van der Waals surface area (Å²) in [6, 6.07) is -0.569. The van der Waals surface area contributed by atoms with E-state index in [9.17, 15) is 25.5 Å². The van der Waals surface area contributed by atoms with Gasteiger partial charge in [0, 0.05) is 48.7 Å². The molecule has 29 heavy (non-hydrogen) atoms. The Bertz CT molecular complexity index is 791. The number of likely N-dealkylation sites (N-methyl/N-ethyl adjacent to an activating group) is 1. The Labute approximate surface area is 171 Å². The van der Waals surface area contributed by atoms with E-state index in [4.69, 9.17) is 4.74 Å². The fourth-order valence-electron chi connectivity index (χ4n) is 9.68. The molecule has 7 heteroatoms. The van der Waals surface area contributed by atoms with Crippen LogP contribution in [0.4, 0.5) is 0 Å². The Hall–Kier alpha value is -0.540. The smallest absolute Gasteiger partial charge is 0.136 e. The molecule has 0 aromatic carbocycles. The molecule has 6 aliphatic rings. The Morgan fingerprint density at radius 2 is 1.93 bits per heavy atom. The van der Waals surface area contributed by atoms with E-state index in [0.717, 1.165) is 0 Å². The highest BCUT2D eigenvalue weighted by Gasteiger charge is 2.90. The number of piperidine rings is 1. The van der Waals surface area contributed by atoms with Crippen LogP contribution in [0.15, 0.2) is 12.2 Å². The number of hydrogen-bond donors (Lipinski definition) is 5. The number of likely N-dealkylation sites (tertiary alicyclic amines) is 1. The van der Waals surface area contributed by atoms with Gasteiger partial charge in [-0.3, -0.25) is 4.90 Å². The molecule has 1 saturated heterocycles. The minimum atomic E-state index is -1.84. The molecule has 1 spiro atoms. The SMILES string of the molecule is CCN1C[C@]2(C)C=C[C@H](O)[C@@]34[C@@H]5C[C@H]6[C@H](O)[C@@H]5[C@](O)(C[C@@H]6OC)[C@@](O)([C@@H](O)[C@@H]32)[C@@H]14. The van der Waals surface area contributed by atoms with E-state index < -0.39 is 52.3 Å². The molecule has 5 aliphatic carbocycles. The van der Waals surface area contributed by atoms with Crippen LogP contribution in [0.2, 0.25) is 0 Å². The molecule has 0 aromatic rings. The summed E-state index contributed by atoms with van der Waals surface area (Å²) in [5, 5.41) is 58.9. The molecule has 7 nitrogen and oxygen atoms in total. The molecule has 1 heterocycles. The Morgan fingerprint density at radius 1 is 1.21 bits per heavy atom. The van der Waals surface area contributed by atoms with Gasteiger partial charge in [-0.25, -0.2) is 0 Å². The standard InChI is InChI=1S/C22H33NO6/c1-4-23-9-19(2)6-5-13(24)21-11-7-10-12(29-3)8-20(27,14(11)15(10)25)22(28,18(21)23)17(26)16(19)21/h5-6,10-18,24-28H,4,7-9H2,1-3H3/t10-,11-,12+,13+,14-,15+,16-,17+,18+,19+,20-,21+,22-/m1/s1. The van der Waals surface area contributed by atoms with Crippen LogP contribution in [0, 0.1) is 34.5 Å². The summed E-state index contributed by atoms with van der Waals surface area (Å²) in [4.78, 5) is 2.16. The average Bonchev–Trinajstić information content (AvgIpc) is 3.04. The third kappa shape index (κ3) is 1.63. The molecule has 5 fully saturated rings. The van der Waals surface area contributed by atoms with Crippen molar-refractivity contribution in [3.63, 3.8) is 0 Å². The van der Waals surface area contributed by atoms with Gasteiger partial charge in [0.2, 0.25) is 0 Å². The van der Waals surface area contributed by atoms with Gasteiger partial charge < -0.3 is 30.3 Å². The van der Waals surface area contributed by atoms with Crippen LogP contribution < -0.4 is 0 Å². The number of fused-ring (bicyclic) bond motifs is 2. The van der Waals surface area contributed by atoms with E-state index >= 15 is 0 Å². The number of methoxy groups -OCH3 is 1. The van der Waals surface area contributed by atoms with Gasteiger partial charge >= 0.3 is 0 Å². The summed E-state index contributed by atoms with van der Waals surface area (Å²) < 4.78 is 5.66. The second kappa shape index (κ2) is 5.26. The van der Waals surface area contributed by atoms with Crippen LogP contribution >= 0.6 is 0 Å². The number of hydrogen-bond acceptors (Lipinski definition) is 7. The summed E-state index contributed by atoms with van der Waals surface area (Å²) in [5.41, 5.74) is -4.74. The first kappa shape index (κ1) is 19.2. The minimum absolute atomic E-state index is 0.134. The lowest BCUT2D eigenvalue weighted by Crippen LogP contribution is -2.81. The first-order valence-electron chi connectivity index (χ1n) is 11.1. The topological polar surface area (TPSA) is 114 Å². The zero-order chi connectivity index (χ0) is 20.7. The van der Waals surface area contributed by atoms with Crippen LogP contribution in [-0.2, 0) is 4.74 Å². The van der Waals surface area contributed by atoms with E-state index in [1.165, 1.54) is 0 Å². The van der Waals surface area contributed by atoms with Crippen LogP contribution in [-0.4, -0.2) is 92.3 Å². The van der Waals surface area contributed by atoms with Gasteiger partial charge in [0.15, 0.2) is 0 Å². The van der Waals surface area contributed by atoms with Crippen LogP contribution in [0.25, 0.3) is 0 Å². The van der Waals surface area contributed by atoms with E-state index in [-0.39, 0.29) is 30.3 Å². The highest BCUT2D eigenvalue weighted by atomic mass is 16.5. The Morgan fingerprint density at radius 3 is 2.59 bits per heavy atom. The number of nitrogens with zero attached hydrogens (tertiary/aromatic N) is 1. The van der Waals surface area contributed by atoms with Gasteiger partial charge in [-0.15, -0.1) is 0 Å². The predicted octanol–water partition coefficient (Wildman–Crippen LogP) is -0.888. The number of ether oxygens (including phenoxy) is 1. The third-order valence-electron chi connectivity index (χ3n) is 10.3. The van der Waals surface area contributed by atoms with Gasteiger partial charge in [0.1, 0.15) is 11.2 Å². The zero-order valence-corrected chi connectivity index (χ0v) is 17.3. The van der Waals surface area contributed by atoms with Crippen molar-refractivity contribution in [1.29, 1.82) is 0 Å². The molecule has 162 valence electrons. The van der Waals surface area contributed by atoms with E-state index in [0.29, 0.717) is 19.5 Å². The van der Waals surface area contributed by atoms with Crippen molar-refractivity contribution in [2.75, 3.05) is 20.2 Å². The van der Waals surface area contributed by atoms with Crippen LogP contribution in [0.5, 0.6) is 0 Å². The molecule has 5 N–H and O–H groups in total. The van der Waals surface area contributed by atoms with E-state index in [1.54, 1.807) is 7.11 Å². The van der Waals surface area contributed by atoms with Gasteiger partial charge in [0.25, 0.3) is 0 Å². The van der Waals surface area contributed by atoms with Crippen molar-refractivity contribution in [2.24, 2.45) is 34.5 Å². The number of aliphatic hydroxyl groups excluding tert-OH is 3. The fourth-order valence-corrected chi connectivity index (χ4v) is 9.68. The monoisotopic (exact) mass is 407 g/mol. The largest absolute Gasteiger partial charge is 0.392 e. The quantitative estimate of drug-likeness (QED) is 0.378. The van der Waals surface area contributed by atoms with Crippen molar-refractivity contribution in [1.82, 2.24) is 4.90 Å². The lowest BCUT2D eigenvalue weighted by atomic mass is 9.44. The summed E-state index contributed by atoms with van der Waals surface area (Å²) in [6.45, 7) is 5.43. The predicted molar refractivity (Wildman–Crippen MR) is 103 cm³/mol. The maximum Gasteiger partial charge on any atom is 0.136 e. The number of rotatable bonds is 2. The minimum Gasteiger partial charge on any atom is -0.392 e. The molecule has 6 rings (SSSR count). The van der Waals surface area contributed by atoms with Crippen LogP contribution in [0.3, 0.4) is 0 Å². The summed E-state index contributed by atoms with van der Waals surface area (Å²) in [5.74, 6) is -1.29. The van der Waals surface area contributed by atoms with Crippen molar-refractivity contribution in [3.05, 3.63) is 12.2 Å². The maximum atomic E-state index is 12.3. The van der Waals surface area contributed by atoms with Crippen molar-refractivity contribution in [3.8, 4) is 0 Å². The molecular weight excluding hydrogens is 374 g/mol. The Balaban J connectivity index is 1.68. The molecule has 1 aliphatic heterocycles. The first-order valence-corrected chi connectivity index (χ1v) is 11.1. The average molecular weight is 408 g/mol. The molecule has 0 amide bonds. The normalized spacial score (nSPS) is 67.1. The fraction of sp³-hybridized carbons (Fsp3) is 0.909. The second-order valence-electron chi connectivity index (χ2n) is 10.9. The van der Waals surface area contributed by atoms with Gasteiger partial charge in [-0.2, -0.15) is 0 Å². The van der Waals surface area contributed by atoms with E-state index in [1.807, 2.05) is 19.1 Å². The zero-order valence-electron chi connectivity index (χ0n) is 17.3. The van der Waals surface area contributed by atoms with Crippen molar-refractivity contribution < 1.29 is 30.3 Å². The lowest BCUT2D eigenvalue weighted by molar-refractivity contribution is -0.308. The number of aliphatic hydroxyl groups is 5. The van der Waals surface area contributed by atoms with Gasteiger partial charge in [0.05, 0.1) is 30.5 Å². The molecule has 4 saturated carbocycles. The Kier molecular flexibility index (Phi) is 3.48. The molecule has 13 atom stereocenters. The van der Waals surface area contributed by atoms with Crippen molar-refractivity contribution in [2.45, 2.75) is 68.3 Å². The van der Waals surface area contributed by atoms with E-state index in [2.05, 4.69) is 11.8 Å². The van der Waals surface area contributed by atoms with Gasteiger partial charge in [-0.05, 0) is 18.9 Å². The molecule has 0 aromatic heterocycles. The molecular formula is C22H33NO6. The summed E-state index contributed by atoms with van der Waals surface area (Å²) in [6.07, 6.45) is 1.41. The molecule has 7 bridgehead atoms.